The number of nitriles is 1. The number of aromatic nitrogens is 3. The minimum Gasteiger partial charge on any atom is -0.382 e. The summed E-state index contributed by atoms with van der Waals surface area (Å²) in [6.45, 7) is 0.362. The van der Waals surface area contributed by atoms with E-state index in [-0.39, 0.29) is 48.8 Å². The van der Waals surface area contributed by atoms with Crippen LogP contribution in [-0.2, 0) is 11.0 Å². The Morgan fingerprint density at radius 1 is 1.18 bits per heavy atom. The van der Waals surface area contributed by atoms with Crippen LogP contribution in [0, 0.1) is 11.3 Å². The summed E-state index contributed by atoms with van der Waals surface area (Å²) in [5.41, 5.74) is -1.93. The zero-order valence-corrected chi connectivity index (χ0v) is 16.6. The third-order valence-electron chi connectivity index (χ3n) is 5.87. The number of fused-ring (bicyclic) bond motifs is 1. The molecule has 0 aromatic carbocycles. The van der Waals surface area contributed by atoms with Crippen molar-refractivity contribution < 1.29 is 36.2 Å². The lowest BCUT2D eigenvalue weighted by Crippen LogP contribution is -2.44. The maximum atomic E-state index is 13.6. The van der Waals surface area contributed by atoms with Gasteiger partial charge in [-0.1, -0.05) is 0 Å². The van der Waals surface area contributed by atoms with E-state index >= 15 is 0 Å². The Bertz CT molecular complexity index is 1110. The van der Waals surface area contributed by atoms with Crippen LogP contribution >= 0.6 is 0 Å². The number of aliphatic hydroxyl groups excluding tert-OH is 1. The second-order valence-electron chi connectivity index (χ2n) is 7.81. The van der Waals surface area contributed by atoms with Gasteiger partial charge in [-0.3, -0.25) is 9.89 Å². The average molecular weight is 474 g/mol. The van der Waals surface area contributed by atoms with E-state index in [1.165, 1.54) is 6.07 Å². The summed E-state index contributed by atoms with van der Waals surface area (Å²) < 4.78 is 80.6. The number of amides is 1. The molecule has 3 N–H and O–H groups in total. The van der Waals surface area contributed by atoms with Crippen molar-refractivity contribution >= 4 is 17.5 Å². The van der Waals surface area contributed by atoms with Gasteiger partial charge >= 0.3 is 12.4 Å². The van der Waals surface area contributed by atoms with Gasteiger partial charge in [-0.2, -0.15) is 36.7 Å². The van der Waals surface area contributed by atoms with Crippen molar-refractivity contribution in [3.63, 3.8) is 0 Å². The minimum atomic E-state index is -4.90. The normalized spacial score (nSPS) is 22.0. The molecular weight excluding hydrogens is 458 g/mol. The number of aliphatic hydroxyl groups is 1. The van der Waals surface area contributed by atoms with Gasteiger partial charge in [-0.05, 0) is 18.9 Å². The number of nitrogens with one attached hydrogen (secondary N) is 2. The molecule has 33 heavy (non-hydrogen) atoms. The molecule has 2 aliphatic rings. The van der Waals surface area contributed by atoms with E-state index in [4.69, 9.17) is 5.26 Å². The van der Waals surface area contributed by atoms with Gasteiger partial charge in [0.05, 0.1) is 11.1 Å². The summed E-state index contributed by atoms with van der Waals surface area (Å²) in [5.74, 6) is -4.41. The highest BCUT2D eigenvalue weighted by Gasteiger charge is 2.54. The summed E-state index contributed by atoms with van der Waals surface area (Å²) in [6, 6.07) is 2.24. The molecule has 176 valence electrons. The Hall–Kier alpha value is -3.34. The molecular formula is C19H16F6N6O2. The highest BCUT2D eigenvalue weighted by Crippen LogP contribution is 2.47. The maximum absolute atomic E-state index is 13.6. The van der Waals surface area contributed by atoms with Crippen LogP contribution in [0.2, 0.25) is 0 Å². The summed E-state index contributed by atoms with van der Waals surface area (Å²) >= 11 is 0. The van der Waals surface area contributed by atoms with Crippen molar-refractivity contribution in [1.29, 1.82) is 5.26 Å². The van der Waals surface area contributed by atoms with Crippen LogP contribution in [0.15, 0.2) is 12.3 Å². The molecule has 4 rings (SSSR count). The van der Waals surface area contributed by atoms with Crippen LogP contribution in [0.4, 0.5) is 38.0 Å². The molecule has 0 aliphatic carbocycles. The lowest BCUT2D eigenvalue weighted by Gasteiger charge is -2.35. The zero-order chi connectivity index (χ0) is 24.1. The Kier molecular flexibility index (Phi) is 5.47. The van der Waals surface area contributed by atoms with Crippen molar-refractivity contribution in [3.8, 4) is 6.07 Å². The molecule has 0 saturated carbocycles. The van der Waals surface area contributed by atoms with Gasteiger partial charge < -0.3 is 15.3 Å². The molecule has 0 spiro atoms. The number of rotatable bonds is 2. The van der Waals surface area contributed by atoms with Crippen LogP contribution in [0.25, 0.3) is 0 Å². The number of anilines is 2. The number of nitrogens with zero attached hydrogens (tertiary/aromatic N) is 4. The molecule has 4 heterocycles. The standard InChI is InChI=1S/C19H16F6N6O2/c20-18(21,22)10-5-11(27-7-9(10)6-26)31-3-1-8(2-4-31)14-12-13(19(23,24)25)15(32)17(33)28-16(12)30-29-14/h5,7-8,13,15,32H,1-4H2,(H2,28,29,30,33). The van der Waals surface area contributed by atoms with E-state index in [2.05, 4.69) is 20.5 Å². The lowest BCUT2D eigenvalue weighted by atomic mass is 9.83. The van der Waals surface area contributed by atoms with Crippen LogP contribution in [0.3, 0.4) is 0 Å². The first-order valence-corrected chi connectivity index (χ1v) is 9.78. The van der Waals surface area contributed by atoms with Gasteiger partial charge in [0.25, 0.3) is 5.91 Å². The first kappa shape index (κ1) is 22.8. The van der Waals surface area contributed by atoms with Crippen molar-refractivity contribution in [2.24, 2.45) is 0 Å². The fraction of sp³-hybridized carbons (Fsp3) is 0.474. The van der Waals surface area contributed by atoms with Gasteiger partial charge in [0.2, 0.25) is 0 Å². The van der Waals surface area contributed by atoms with E-state index < -0.39 is 47.3 Å². The molecule has 1 amide bonds. The van der Waals surface area contributed by atoms with Gasteiger partial charge in [0.1, 0.15) is 23.9 Å². The van der Waals surface area contributed by atoms with E-state index in [1.54, 1.807) is 4.90 Å². The van der Waals surface area contributed by atoms with E-state index in [1.807, 2.05) is 0 Å². The quantitative estimate of drug-likeness (QED) is 0.576. The van der Waals surface area contributed by atoms with Crippen LogP contribution < -0.4 is 10.2 Å². The number of carbonyl (C=O) groups excluding carboxylic acids is 1. The first-order valence-electron chi connectivity index (χ1n) is 9.78. The molecule has 2 aromatic rings. The fourth-order valence-corrected chi connectivity index (χ4v) is 4.27. The van der Waals surface area contributed by atoms with E-state index in [0.29, 0.717) is 0 Å². The predicted octanol–water partition coefficient (Wildman–Crippen LogP) is 3.04. The fourth-order valence-electron chi connectivity index (χ4n) is 4.27. The van der Waals surface area contributed by atoms with Crippen LogP contribution in [0.5, 0.6) is 0 Å². The molecule has 14 heteroatoms. The number of H-pyrrole nitrogens is 1. The van der Waals surface area contributed by atoms with E-state index in [9.17, 15) is 36.2 Å². The van der Waals surface area contributed by atoms with Gasteiger partial charge in [-0.25, -0.2) is 4.98 Å². The highest BCUT2D eigenvalue weighted by atomic mass is 19.4. The Morgan fingerprint density at radius 2 is 1.85 bits per heavy atom. The molecule has 2 aliphatic heterocycles. The van der Waals surface area contributed by atoms with Crippen molar-refractivity contribution in [2.45, 2.75) is 43.1 Å². The Balaban J connectivity index is 1.57. The smallest absolute Gasteiger partial charge is 0.382 e. The summed E-state index contributed by atoms with van der Waals surface area (Å²) in [4.78, 5) is 17.2. The predicted molar refractivity (Wildman–Crippen MR) is 100 cm³/mol. The number of hydrogen-bond donors (Lipinski definition) is 3. The molecule has 2 aromatic heterocycles. The summed E-state index contributed by atoms with van der Waals surface area (Å²) in [5, 5.41) is 27.2. The largest absolute Gasteiger partial charge is 0.417 e. The monoisotopic (exact) mass is 474 g/mol. The summed E-state index contributed by atoms with van der Waals surface area (Å²) in [6.07, 6.45) is -10.6. The minimum absolute atomic E-state index is 0.00210. The number of pyridine rings is 1. The number of piperidine rings is 1. The molecule has 1 saturated heterocycles. The van der Waals surface area contributed by atoms with Crippen molar-refractivity contribution in [2.75, 3.05) is 23.3 Å². The van der Waals surface area contributed by atoms with Crippen LogP contribution in [0.1, 0.15) is 47.1 Å². The molecule has 1 fully saturated rings. The van der Waals surface area contributed by atoms with Gasteiger partial charge in [0, 0.05) is 36.5 Å². The topological polar surface area (TPSA) is 118 Å². The molecule has 0 bridgehead atoms. The van der Waals surface area contributed by atoms with Crippen LogP contribution in [-0.4, -0.2) is 51.6 Å². The third-order valence-corrected chi connectivity index (χ3v) is 5.87. The van der Waals surface area contributed by atoms with Gasteiger partial charge in [0.15, 0.2) is 5.82 Å². The average Bonchev–Trinajstić information content (AvgIpc) is 3.15. The number of carbonyl (C=O) groups is 1. The Labute approximate surface area is 182 Å². The summed E-state index contributed by atoms with van der Waals surface area (Å²) in [7, 11) is 0. The second kappa shape index (κ2) is 7.91. The number of alkyl halides is 6. The Morgan fingerprint density at radius 3 is 2.42 bits per heavy atom. The molecule has 2 unspecified atom stereocenters. The number of halogens is 6. The van der Waals surface area contributed by atoms with E-state index in [0.717, 1.165) is 12.3 Å². The maximum Gasteiger partial charge on any atom is 0.417 e. The van der Waals surface area contributed by atoms with Crippen molar-refractivity contribution in [3.05, 3.63) is 34.6 Å². The third kappa shape index (κ3) is 4.08. The number of hydrogen-bond acceptors (Lipinski definition) is 6. The molecule has 8 nitrogen and oxygen atoms in total. The number of aromatic amines is 1. The first-order chi connectivity index (χ1) is 15.4. The highest BCUT2D eigenvalue weighted by molar-refractivity contribution is 5.97. The molecule has 2 atom stereocenters. The molecule has 0 radical (unpaired) electrons. The van der Waals surface area contributed by atoms with Gasteiger partial charge in [-0.15, -0.1) is 0 Å². The van der Waals surface area contributed by atoms with Crippen molar-refractivity contribution in [1.82, 2.24) is 15.2 Å². The zero-order valence-electron chi connectivity index (χ0n) is 16.6. The lowest BCUT2D eigenvalue weighted by molar-refractivity contribution is -0.177. The SMILES string of the molecule is N#Cc1cnc(N2CCC(c3[nH]nc4c3C(C(F)(F)F)C(O)C(=O)N4)CC2)cc1C(F)(F)F. The second-order valence-corrected chi connectivity index (χ2v) is 7.81.